The summed E-state index contributed by atoms with van der Waals surface area (Å²) < 4.78 is 4.67. The Balaban J connectivity index is 4.16. The molecule has 0 aromatic carbocycles. The van der Waals surface area contributed by atoms with E-state index in [2.05, 4.69) is 29.6 Å². The van der Waals surface area contributed by atoms with Gasteiger partial charge in [-0.15, -0.1) is 0 Å². The first kappa shape index (κ1) is 13.9. The molecule has 1 unspecified atom stereocenters. The lowest BCUT2D eigenvalue weighted by atomic mass is 10.1. The molecule has 0 fully saturated rings. The van der Waals surface area contributed by atoms with Crippen LogP contribution in [-0.4, -0.2) is 37.1 Å². The van der Waals surface area contributed by atoms with Gasteiger partial charge in [-0.25, -0.2) is 0 Å². The second-order valence-electron chi connectivity index (χ2n) is 3.92. The molecule has 0 aliphatic rings. The van der Waals surface area contributed by atoms with Crippen LogP contribution >= 0.6 is 0 Å². The van der Waals surface area contributed by atoms with E-state index in [9.17, 15) is 4.79 Å². The molecule has 86 valence electrons. The highest BCUT2D eigenvalue weighted by Gasteiger charge is 2.18. The van der Waals surface area contributed by atoms with Crippen LogP contribution in [0.1, 0.15) is 27.2 Å². The maximum Gasteiger partial charge on any atom is 0.309 e. The number of carbonyl (C=O) groups is 1. The van der Waals surface area contributed by atoms with Gasteiger partial charge in [0, 0.05) is 25.6 Å². The van der Waals surface area contributed by atoms with Crippen molar-refractivity contribution >= 4 is 5.97 Å². The van der Waals surface area contributed by atoms with E-state index >= 15 is 0 Å². The molecule has 15 heavy (non-hydrogen) atoms. The van der Waals surface area contributed by atoms with Crippen molar-refractivity contribution in [2.24, 2.45) is 5.92 Å². The fourth-order valence-corrected chi connectivity index (χ4v) is 1.38. The minimum atomic E-state index is -0.197. The molecule has 0 radical (unpaired) electrons. The fraction of sp³-hybridized carbons (Fsp3) is 0.818. The van der Waals surface area contributed by atoms with Gasteiger partial charge in [0.05, 0.1) is 19.1 Å². The zero-order valence-electron chi connectivity index (χ0n) is 9.99. The number of nitriles is 1. The summed E-state index contributed by atoms with van der Waals surface area (Å²) in [4.78, 5) is 13.3. The summed E-state index contributed by atoms with van der Waals surface area (Å²) in [6, 6.07) is 2.45. The number of hydrogen-bond acceptors (Lipinski definition) is 4. The van der Waals surface area contributed by atoms with Crippen molar-refractivity contribution in [1.29, 1.82) is 5.26 Å². The summed E-state index contributed by atoms with van der Waals surface area (Å²) >= 11 is 0. The third-order valence-electron chi connectivity index (χ3n) is 2.35. The molecule has 0 N–H and O–H groups in total. The summed E-state index contributed by atoms with van der Waals surface area (Å²) in [6.45, 7) is 7.30. The lowest BCUT2D eigenvalue weighted by Crippen LogP contribution is -2.37. The second kappa shape index (κ2) is 7.24. The Morgan fingerprint density at radius 3 is 2.47 bits per heavy atom. The van der Waals surface area contributed by atoms with Gasteiger partial charge < -0.3 is 4.74 Å². The second-order valence-corrected chi connectivity index (χ2v) is 3.92. The first-order valence-corrected chi connectivity index (χ1v) is 5.21. The average molecular weight is 212 g/mol. The molecule has 0 saturated heterocycles. The molecule has 0 aromatic rings. The maximum atomic E-state index is 11.2. The molecule has 1 atom stereocenters. The highest BCUT2D eigenvalue weighted by atomic mass is 16.5. The van der Waals surface area contributed by atoms with Gasteiger partial charge in [0.15, 0.2) is 0 Å². The van der Waals surface area contributed by atoms with E-state index in [4.69, 9.17) is 5.26 Å². The number of carbonyl (C=O) groups excluding carboxylic acids is 1. The van der Waals surface area contributed by atoms with Gasteiger partial charge >= 0.3 is 5.97 Å². The van der Waals surface area contributed by atoms with Crippen molar-refractivity contribution in [3.8, 4) is 6.07 Å². The summed E-state index contributed by atoms with van der Waals surface area (Å²) in [5.74, 6) is -0.339. The SMILES string of the molecule is COC(=O)C(C)CN(CCC#N)C(C)C. The van der Waals surface area contributed by atoms with Crippen molar-refractivity contribution < 1.29 is 9.53 Å². The summed E-state index contributed by atoms with van der Waals surface area (Å²) in [5.41, 5.74) is 0. The number of nitrogens with zero attached hydrogens (tertiary/aromatic N) is 2. The molecule has 0 bridgehead atoms. The Kier molecular flexibility index (Phi) is 6.72. The average Bonchev–Trinajstić information content (AvgIpc) is 2.22. The number of esters is 1. The van der Waals surface area contributed by atoms with Gasteiger partial charge in [0.25, 0.3) is 0 Å². The summed E-state index contributed by atoms with van der Waals surface area (Å²) in [6.07, 6.45) is 0.492. The highest BCUT2D eigenvalue weighted by molar-refractivity contribution is 5.72. The van der Waals surface area contributed by atoms with Crippen LogP contribution in [0.2, 0.25) is 0 Å². The lowest BCUT2D eigenvalue weighted by Gasteiger charge is -2.27. The van der Waals surface area contributed by atoms with Crippen molar-refractivity contribution in [2.45, 2.75) is 33.2 Å². The molecule has 0 aromatic heterocycles. The Morgan fingerprint density at radius 1 is 1.47 bits per heavy atom. The molecule has 4 nitrogen and oxygen atoms in total. The van der Waals surface area contributed by atoms with Crippen molar-refractivity contribution in [3.05, 3.63) is 0 Å². The number of methoxy groups -OCH3 is 1. The van der Waals surface area contributed by atoms with E-state index in [1.807, 2.05) is 6.92 Å². The Labute approximate surface area is 91.8 Å². The number of rotatable bonds is 6. The van der Waals surface area contributed by atoms with Crippen LogP contribution < -0.4 is 0 Å². The monoisotopic (exact) mass is 212 g/mol. The van der Waals surface area contributed by atoms with Crippen molar-refractivity contribution in [2.75, 3.05) is 20.2 Å². The van der Waals surface area contributed by atoms with E-state index in [0.717, 1.165) is 0 Å². The molecule has 4 heteroatoms. The zero-order valence-corrected chi connectivity index (χ0v) is 9.99. The van der Waals surface area contributed by atoms with E-state index in [0.29, 0.717) is 25.6 Å². The van der Waals surface area contributed by atoms with Gasteiger partial charge in [-0.05, 0) is 13.8 Å². The normalized spacial score (nSPS) is 12.6. The van der Waals surface area contributed by atoms with Gasteiger partial charge in [-0.2, -0.15) is 5.26 Å². The minimum Gasteiger partial charge on any atom is -0.469 e. The Morgan fingerprint density at radius 2 is 2.07 bits per heavy atom. The van der Waals surface area contributed by atoms with E-state index in [-0.39, 0.29) is 11.9 Å². The summed E-state index contributed by atoms with van der Waals surface area (Å²) in [5, 5.41) is 8.52. The Bertz CT molecular complexity index is 233. The molecule has 0 saturated carbocycles. The van der Waals surface area contributed by atoms with Crippen LogP contribution in [0.25, 0.3) is 0 Å². The van der Waals surface area contributed by atoms with Crippen molar-refractivity contribution in [3.63, 3.8) is 0 Å². The van der Waals surface area contributed by atoms with Crippen LogP contribution in [0.3, 0.4) is 0 Å². The van der Waals surface area contributed by atoms with E-state index in [1.54, 1.807) is 0 Å². The standard InChI is InChI=1S/C11H20N2O2/c1-9(2)13(7-5-6-12)8-10(3)11(14)15-4/h9-10H,5,7-8H2,1-4H3. The largest absolute Gasteiger partial charge is 0.469 e. The molecule has 0 heterocycles. The fourth-order valence-electron chi connectivity index (χ4n) is 1.38. The maximum absolute atomic E-state index is 11.2. The summed E-state index contributed by atoms with van der Waals surface area (Å²) in [7, 11) is 1.40. The van der Waals surface area contributed by atoms with Crippen LogP contribution in [0, 0.1) is 17.2 Å². The molecule has 0 spiro atoms. The molecule has 0 aliphatic carbocycles. The van der Waals surface area contributed by atoms with Gasteiger partial charge in [0.1, 0.15) is 0 Å². The van der Waals surface area contributed by atoms with Gasteiger partial charge in [0.2, 0.25) is 0 Å². The number of ether oxygens (including phenoxy) is 1. The molecule has 0 aliphatic heterocycles. The predicted molar refractivity (Wildman–Crippen MR) is 58.1 cm³/mol. The quantitative estimate of drug-likeness (QED) is 0.625. The van der Waals surface area contributed by atoms with Crippen molar-refractivity contribution in [1.82, 2.24) is 4.90 Å². The minimum absolute atomic E-state index is 0.143. The molecular weight excluding hydrogens is 192 g/mol. The molecule has 0 rings (SSSR count). The van der Waals surface area contributed by atoms with E-state index in [1.165, 1.54) is 7.11 Å². The van der Waals surface area contributed by atoms with Crippen LogP contribution in [-0.2, 0) is 9.53 Å². The Hall–Kier alpha value is -1.08. The zero-order chi connectivity index (χ0) is 11.8. The number of hydrogen-bond donors (Lipinski definition) is 0. The van der Waals surface area contributed by atoms with Crippen LogP contribution in [0.4, 0.5) is 0 Å². The highest BCUT2D eigenvalue weighted by Crippen LogP contribution is 2.06. The molecule has 0 amide bonds. The topological polar surface area (TPSA) is 53.3 Å². The van der Waals surface area contributed by atoms with Gasteiger partial charge in [-0.3, -0.25) is 9.69 Å². The smallest absolute Gasteiger partial charge is 0.309 e. The third-order valence-corrected chi connectivity index (χ3v) is 2.35. The van der Waals surface area contributed by atoms with E-state index < -0.39 is 0 Å². The third kappa shape index (κ3) is 5.38. The first-order valence-electron chi connectivity index (χ1n) is 5.21. The predicted octanol–water partition coefficient (Wildman–Crippen LogP) is 1.42. The van der Waals surface area contributed by atoms with Crippen LogP contribution in [0.5, 0.6) is 0 Å². The van der Waals surface area contributed by atoms with Crippen LogP contribution in [0.15, 0.2) is 0 Å². The van der Waals surface area contributed by atoms with Gasteiger partial charge in [-0.1, -0.05) is 6.92 Å². The molecular formula is C11H20N2O2. The first-order chi connectivity index (χ1) is 7.02. The lowest BCUT2D eigenvalue weighted by molar-refractivity contribution is -0.145.